The fourth-order valence-electron chi connectivity index (χ4n) is 6.57. The molecule has 4 aromatic rings. The number of benzene rings is 4. The molecule has 4 aromatic carbocycles. The number of anilines is 1. The third-order valence-electron chi connectivity index (χ3n) is 8.63. The van der Waals surface area contributed by atoms with E-state index in [-0.39, 0.29) is 11.2 Å². The van der Waals surface area contributed by atoms with E-state index < -0.39 is 5.92 Å². The predicted octanol–water partition coefficient (Wildman–Crippen LogP) is 8.63. The average molecular weight is 588 g/mol. The number of ether oxygens (including phenoxy) is 1. The highest BCUT2D eigenvalue weighted by atomic mass is 35.5. The molecule has 2 aliphatic rings. The van der Waals surface area contributed by atoms with Gasteiger partial charge in [-0.05, 0) is 83.7 Å². The zero-order chi connectivity index (χ0) is 30.5. The molecule has 0 fully saturated rings. The standard InChI is InChI=1S/C37H34ClN3O2/c1-22-16-23(2)29(17-25(22)21-43-27-14-12-26(38)13-15-27)34-30(20-39)36(40)41(32-18-37(3,4)19-33(42)35(32)34)31-11-7-9-24-8-5-6-10-28(24)31/h5-17,34H,18-19,21,40H2,1-4H3. The predicted molar refractivity (Wildman–Crippen MR) is 173 cm³/mol. The Morgan fingerprint density at radius 3 is 2.47 bits per heavy atom. The molecular weight excluding hydrogens is 554 g/mol. The number of nitrogens with zero attached hydrogens (tertiary/aromatic N) is 2. The van der Waals surface area contributed by atoms with Crippen molar-refractivity contribution in [1.82, 2.24) is 0 Å². The minimum Gasteiger partial charge on any atom is -0.489 e. The molecule has 6 heteroatoms. The van der Waals surface area contributed by atoms with Gasteiger partial charge in [0.2, 0.25) is 0 Å². The molecule has 6 rings (SSSR count). The van der Waals surface area contributed by atoms with Crippen molar-refractivity contribution in [3.63, 3.8) is 0 Å². The Hall–Kier alpha value is -4.53. The van der Waals surface area contributed by atoms with Crippen molar-refractivity contribution in [1.29, 1.82) is 5.26 Å². The Morgan fingerprint density at radius 1 is 1.00 bits per heavy atom. The molecular formula is C37H34ClN3O2. The van der Waals surface area contributed by atoms with Crippen LogP contribution in [0.3, 0.4) is 0 Å². The summed E-state index contributed by atoms with van der Waals surface area (Å²) in [5.74, 6) is 0.572. The van der Waals surface area contributed by atoms with Crippen LogP contribution in [0.4, 0.5) is 5.69 Å². The Labute approximate surface area is 257 Å². The molecule has 43 heavy (non-hydrogen) atoms. The van der Waals surface area contributed by atoms with Crippen LogP contribution < -0.4 is 15.4 Å². The summed E-state index contributed by atoms with van der Waals surface area (Å²) in [6.45, 7) is 8.66. The Balaban J connectivity index is 1.53. The summed E-state index contributed by atoms with van der Waals surface area (Å²) < 4.78 is 6.11. The molecule has 1 unspecified atom stereocenters. The minimum atomic E-state index is -0.565. The van der Waals surface area contributed by atoms with Crippen LogP contribution >= 0.6 is 11.6 Å². The van der Waals surface area contributed by atoms with Crippen molar-refractivity contribution >= 4 is 33.8 Å². The van der Waals surface area contributed by atoms with Crippen molar-refractivity contribution in [2.24, 2.45) is 11.1 Å². The van der Waals surface area contributed by atoms with Gasteiger partial charge in [0.15, 0.2) is 5.78 Å². The summed E-state index contributed by atoms with van der Waals surface area (Å²) in [5, 5.41) is 13.4. The lowest BCUT2D eigenvalue weighted by Crippen LogP contribution is -2.42. The number of carbonyl (C=O) groups is 1. The molecule has 0 aromatic heterocycles. The highest BCUT2D eigenvalue weighted by Gasteiger charge is 2.45. The molecule has 1 atom stereocenters. The molecule has 0 saturated carbocycles. The number of nitriles is 1. The van der Waals surface area contributed by atoms with E-state index in [0.29, 0.717) is 47.2 Å². The van der Waals surface area contributed by atoms with Gasteiger partial charge < -0.3 is 10.5 Å². The highest BCUT2D eigenvalue weighted by molar-refractivity contribution is 6.30. The number of hydrogen-bond acceptors (Lipinski definition) is 5. The molecule has 0 spiro atoms. The van der Waals surface area contributed by atoms with Crippen molar-refractivity contribution in [2.45, 2.75) is 53.1 Å². The van der Waals surface area contributed by atoms with Crippen LogP contribution in [-0.2, 0) is 11.4 Å². The fourth-order valence-corrected chi connectivity index (χ4v) is 6.70. The number of aryl methyl sites for hydroxylation is 2. The van der Waals surface area contributed by atoms with Gasteiger partial charge in [-0.15, -0.1) is 0 Å². The normalized spacial score (nSPS) is 18.1. The van der Waals surface area contributed by atoms with Gasteiger partial charge in [-0.3, -0.25) is 9.69 Å². The topological polar surface area (TPSA) is 79.4 Å². The summed E-state index contributed by atoms with van der Waals surface area (Å²) in [6.07, 6.45) is 1.06. The summed E-state index contributed by atoms with van der Waals surface area (Å²) in [4.78, 5) is 16.1. The second kappa shape index (κ2) is 10.9. The zero-order valence-electron chi connectivity index (χ0n) is 24.9. The molecule has 0 amide bonds. The second-order valence-corrected chi connectivity index (χ2v) is 12.8. The number of carbonyl (C=O) groups excluding carboxylic acids is 1. The highest BCUT2D eigenvalue weighted by Crippen LogP contribution is 2.51. The van der Waals surface area contributed by atoms with E-state index in [0.717, 1.165) is 44.4 Å². The van der Waals surface area contributed by atoms with Crippen LogP contribution in [0.15, 0.2) is 102 Å². The smallest absolute Gasteiger partial charge is 0.162 e. The monoisotopic (exact) mass is 587 g/mol. The van der Waals surface area contributed by atoms with Gasteiger partial charge >= 0.3 is 0 Å². The third-order valence-corrected chi connectivity index (χ3v) is 8.88. The van der Waals surface area contributed by atoms with E-state index >= 15 is 0 Å². The summed E-state index contributed by atoms with van der Waals surface area (Å²) in [5.41, 5.74) is 13.5. The van der Waals surface area contributed by atoms with Gasteiger partial charge in [-0.1, -0.05) is 74.0 Å². The number of fused-ring (bicyclic) bond motifs is 1. The number of allylic oxidation sites excluding steroid dienone is 3. The van der Waals surface area contributed by atoms with E-state index in [9.17, 15) is 10.1 Å². The first-order valence-corrected chi connectivity index (χ1v) is 14.9. The molecule has 0 radical (unpaired) electrons. The largest absolute Gasteiger partial charge is 0.489 e. The van der Waals surface area contributed by atoms with Gasteiger partial charge in [0.25, 0.3) is 0 Å². The Kier molecular flexibility index (Phi) is 7.28. The quantitative estimate of drug-likeness (QED) is 0.253. The molecule has 5 nitrogen and oxygen atoms in total. The number of nitrogens with two attached hydrogens (primary N) is 1. The van der Waals surface area contributed by atoms with Crippen LogP contribution in [0.25, 0.3) is 10.8 Å². The van der Waals surface area contributed by atoms with Crippen molar-refractivity contribution in [3.05, 3.63) is 129 Å². The number of Topliss-reactive ketones (excluding diaryl/α,β-unsaturated/α-hetero) is 1. The maximum absolute atomic E-state index is 14.1. The van der Waals surface area contributed by atoms with Crippen molar-refractivity contribution < 1.29 is 9.53 Å². The van der Waals surface area contributed by atoms with E-state index in [1.165, 1.54) is 0 Å². The third kappa shape index (κ3) is 5.17. The zero-order valence-corrected chi connectivity index (χ0v) is 25.6. The molecule has 0 bridgehead atoms. The van der Waals surface area contributed by atoms with Crippen molar-refractivity contribution in [2.75, 3.05) is 4.90 Å². The number of ketones is 1. The van der Waals surface area contributed by atoms with E-state index in [2.05, 4.69) is 57.2 Å². The van der Waals surface area contributed by atoms with Gasteiger partial charge in [-0.2, -0.15) is 5.26 Å². The average Bonchev–Trinajstić information content (AvgIpc) is 2.96. The van der Waals surface area contributed by atoms with Crippen LogP contribution in [0.5, 0.6) is 5.75 Å². The molecule has 216 valence electrons. The van der Waals surface area contributed by atoms with Crippen LogP contribution in [0.1, 0.15) is 54.9 Å². The molecule has 1 aliphatic heterocycles. The molecule has 0 saturated heterocycles. The molecule has 1 aliphatic carbocycles. The van der Waals surface area contributed by atoms with Crippen molar-refractivity contribution in [3.8, 4) is 11.8 Å². The molecule has 1 heterocycles. The second-order valence-electron chi connectivity index (χ2n) is 12.4. The molecule has 2 N–H and O–H groups in total. The Bertz CT molecular complexity index is 1870. The summed E-state index contributed by atoms with van der Waals surface area (Å²) in [6, 6.07) is 28.1. The Morgan fingerprint density at radius 2 is 1.72 bits per heavy atom. The van der Waals surface area contributed by atoms with Gasteiger partial charge in [-0.25, -0.2) is 0 Å². The lowest BCUT2D eigenvalue weighted by Gasteiger charge is -2.44. The van der Waals surface area contributed by atoms with Crippen LogP contribution in [0.2, 0.25) is 5.02 Å². The first kappa shape index (κ1) is 28.6. The van der Waals surface area contributed by atoms with Gasteiger partial charge in [0.05, 0.1) is 23.2 Å². The van der Waals surface area contributed by atoms with Crippen LogP contribution in [-0.4, -0.2) is 5.78 Å². The number of hydrogen-bond donors (Lipinski definition) is 1. The first-order chi connectivity index (χ1) is 20.6. The number of halogens is 1. The van der Waals surface area contributed by atoms with Gasteiger partial charge in [0, 0.05) is 28.1 Å². The fraction of sp³-hybridized carbons (Fsp3) is 0.243. The minimum absolute atomic E-state index is 0.0562. The first-order valence-electron chi connectivity index (χ1n) is 14.5. The SMILES string of the molecule is Cc1cc(C)c(C2C(C#N)=C(N)N(c3cccc4ccccc34)C3=C2C(=O)CC(C)(C)C3)cc1COc1ccc(Cl)cc1. The lowest BCUT2D eigenvalue weighted by atomic mass is 9.68. The summed E-state index contributed by atoms with van der Waals surface area (Å²) >= 11 is 6.05. The van der Waals surface area contributed by atoms with E-state index in [4.69, 9.17) is 22.1 Å². The number of rotatable bonds is 5. The van der Waals surface area contributed by atoms with Crippen LogP contribution in [0, 0.1) is 30.6 Å². The van der Waals surface area contributed by atoms with E-state index in [1.54, 1.807) is 12.1 Å². The maximum atomic E-state index is 14.1. The summed E-state index contributed by atoms with van der Waals surface area (Å²) in [7, 11) is 0. The maximum Gasteiger partial charge on any atom is 0.162 e. The lowest BCUT2D eigenvalue weighted by molar-refractivity contribution is -0.118. The van der Waals surface area contributed by atoms with E-state index in [1.807, 2.05) is 48.2 Å². The van der Waals surface area contributed by atoms with Gasteiger partial charge in [0.1, 0.15) is 18.2 Å².